The van der Waals surface area contributed by atoms with Crippen LogP contribution in [0.3, 0.4) is 0 Å². The largest absolute Gasteiger partial charge is 0.497 e. The van der Waals surface area contributed by atoms with Gasteiger partial charge in [0.1, 0.15) is 22.9 Å². The Kier molecular flexibility index (Phi) is 5.70. The fourth-order valence-corrected chi connectivity index (χ4v) is 4.43. The molecule has 0 bridgehead atoms. The zero-order valence-electron chi connectivity index (χ0n) is 18.4. The van der Waals surface area contributed by atoms with Crippen LogP contribution in [-0.4, -0.2) is 33.2 Å². The highest BCUT2D eigenvalue weighted by atomic mass is 19.1. The number of hydrogen-bond donors (Lipinski definition) is 1. The van der Waals surface area contributed by atoms with Crippen LogP contribution >= 0.6 is 0 Å². The Balaban J connectivity index is 1.45. The van der Waals surface area contributed by atoms with Crippen molar-refractivity contribution in [1.82, 2.24) is 15.0 Å². The average Bonchev–Trinajstić information content (AvgIpc) is 3.75. The van der Waals surface area contributed by atoms with Gasteiger partial charge in [0, 0.05) is 12.0 Å². The van der Waals surface area contributed by atoms with Gasteiger partial charge in [0.2, 0.25) is 0 Å². The number of carboxylic acid groups (broad SMARTS) is 1. The summed E-state index contributed by atoms with van der Waals surface area (Å²) < 4.78 is 21.4. The van der Waals surface area contributed by atoms with Gasteiger partial charge in [0.05, 0.1) is 19.2 Å². The van der Waals surface area contributed by atoms with Crippen LogP contribution in [0.1, 0.15) is 66.5 Å². The molecule has 7 heteroatoms. The Morgan fingerprint density at radius 1 is 1.21 bits per heavy atom. The summed E-state index contributed by atoms with van der Waals surface area (Å²) in [5.41, 5.74) is 3.98. The van der Waals surface area contributed by atoms with Gasteiger partial charge in [-0.15, -0.1) is 5.10 Å². The van der Waals surface area contributed by atoms with Crippen LogP contribution in [0.15, 0.2) is 42.5 Å². The van der Waals surface area contributed by atoms with Gasteiger partial charge in [-0.3, -0.25) is 4.79 Å². The molecular formula is C26H26FN3O3. The average molecular weight is 448 g/mol. The van der Waals surface area contributed by atoms with Crippen LogP contribution in [0.4, 0.5) is 4.39 Å². The number of aliphatic carboxylic acids is 1. The third kappa shape index (κ3) is 4.67. The van der Waals surface area contributed by atoms with Gasteiger partial charge in [0.15, 0.2) is 0 Å². The first-order chi connectivity index (χ1) is 16.0. The predicted molar refractivity (Wildman–Crippen MR) is 123 cm³/mol. The molecule has 1 N–H and O–H groups in total. The zero-order valence-corrected chi connectivity index (χ0v) is 18.4. The van der Waals surface area contributed by atoms with E-state index >= 15 is 0 Å². The predicted octanol–water partition coefficient (Wildman–Crippen LogP) is 5.43. The van der Waals surface area contributed by atoms with Crippen molar-refractivity contribution in [3.8, 4) is 11.4 Å². The molecule has 6 nitrogen and oxygen atoms in total. The van der Waals surface area contributed by atoms with E-state index in [0.717, 1.165) is 48.2 Å². The Bertz CT molecular complexity index is 1210. The van der Waals surface area contributed by atoms with Crippen molar-refractivity contribution in [1.29, 1.82) is 0 Å². The first-order valence-corrected chi connectivity index (χ1v) is 11.3. The highest BCUT2D eigenvalue weighted by molar-refractivity contribution is 5.71. The van der Waals surface area contributed by atoms with Crippen molar-refractivity contribution >= 4 is 18.1 Å². The number of aromatic nitrogens is 3. The number of methoxy groups -OCH3 is 1. The summed E-state index contributed by atoms with van der Waals surface area (Å²) in [5.74, 6) is 0.225. The second-order valence-corrected chi connectivity index (χ2v) is 8.91. The summed E-state index contributed by atoms with van der Waals surface area (Å²) in [7, 11) is 1.55. The van der Waals surface area contributed by atoms with E-state index in [1.54, 1.807) is 23.9 Å². The number of carbonyl (C=O) groups is 1. The Morgan fingerprint density at radius 2 is 2.03 bits per heavy atom. The van der Waals surface area contributed by atoms with E-state index in [2.05, 4.69) is 16.4 Å². The number of halogens is 1. The molecule has 0 aliphatic heterocycles. The number of nitrogens with zero attached hydrogens (tertiary/aromatic N) is 3. The van der Waals surface area contributed by atoms with E-state index in [-0.39, 0.29) is 18.2 Å². The molecule has 170 valence electrons. The van der Waals surface area contributed by atoms with Gasteiger partial charge in [-0.2, -0.15) is 0 Å². The third-order valence-electron chi connectivity index (χ3n) is 6.44. The Labute approximate surface area is 191 Å². The highest BCUT2D eigenvalue weighted by Gasteiger charge is 2.34. The van der Waals surface area contributed by atoms with Crippen LogP contribution in [0.25, 0.3) is 17.8 Å². The maximum absolute atomic E-state index is 14.6. The summed E-state index contributed by atoms with van der Waals surface area (Å²) in [5, 5.41) is 17.9. The molecule has 0 amide bonds. The smallest absolute Gasteiger partial charge is 0.303 e. The molecule has 0 spiro atoms. The SMILES string of the molecule is COc1ccc(F)c(-n2nnc(C=Cc3cccc([C@@H](CC(=O)O)C4CC4)c3)c2C2CC2)c1. The molecule has 0 saturated heterocycles. The van der Waals surface area contributed by atoms with Crippen LogP contribution in [0.2, 0.25) is 0 Å². The summed E-state index contributed by atoms with van der Waals surface area (Å²) in [4.78, 5) is 11.3. The minimum absolute atomic E-state index is 0.0507. The highest BCUT2D eigenvalue weighted by Crippen LogP contribution is 2.45. The van der Waals surface area contributed by atoms with Crippen LogP contribution in [0.5, 0.6) is 5.75 Å². The number of carboxylic acids is 1. The van der Waals surface area contributed by atoms with Gasteiger partial charge >= 0.3 is 5.97 Å². The number of hydrogen-bond acceptors (Lipinski definition) is 4. The van der Waals surface area contributed by atoms with Gasteiger partial charge < -0.3 is 9.84 Å². The summed E-state index contributed by atoms with van der Waals surface area (Å²) >= 11 is 0. The molecule has 2 saturated carbocycles. The summed E-state index contributed by atoms with van der Waals surface area (Å²) in [6.45, 7) is 0. The molecule has 1 heterocycles. The summed E-state index contributed by atoms with van der Waals surface area (Å²) in [6, 6.07) is 12.6. The Hall–Kier alpha value is -3.48. The quantitative estimate of drug-likeness (QED) is 0.473. The number of benzene rings is 2. The van der Waals surface area contributed by atoms with E-state index in [9.17, 15) is 14.3 Å². The lowest BCUT2D eigenvalue weighted by Gasteiger charge is -2.15. The van der Waals surface area contributed by atoms with Crippen molar-refractivity contribution in [2.75, 3.05) is 7.11 Å². The molecule has 1 aromatic heterocycles. The monoisotopic (exact) mass is 447 g/mol. The van der Waals surface area contributed by atoms with E-state index < -0.39 is 5.97 Å². The molecule has 5 rings (SSSR count). The lowest BCUT2D eigenvalue weighted by Crippen LogP contribution is -2.08. The van der Waals surface area contributed by atoms with Crippen molar-refractivity contribution in [2.45, 2.75) is 43.9 Å². The van der Waals surface area contributed by atoms with E-state index in [0.29, 0.717) is 23.3 Å². The van der Waals surface area contributed by atoms with Crippen LogP contribution < -0.4 is 4.74 Å². The molecule has 2 fully saturated rings. The molecule has 2 aliphatic rings. The maximum atomic E-state index is 14.6. The van der Waals surface area contributed by atoms with Gasteiger partial charge in [0.25, 0.3) is 0 Å². The minimum atomic E-state index is -0.761. The summed E-state index contributed by atoms with van der Waals surface area (Å²) in [6.07, 6.45) is 8.26. The van der Waals surface area contributed by atoms with Crippen LogP contribution in [-0.2, 0) is 4.79 Å². The molecule has 2 aromatic carbocycles. The molecular weight excluding hydrogens is 421 g/mol. The van der Waals surface area contributed by atoms with Crippen molar-refractivity contribution < 1.29 is 19.0 Å². The fraction of sp³-hybridized carbons (Fsp3) is 0.346. The van der Waals surface area contributed by atoms with Gasteiger partial charge in [-0.25, -0.2) is 9.07 Å². The molecule has 33 heavy (non-hydrogen) atoms. The first kappa shape index (κ1) is 21.4. The topological polar surface area (TPSA) is 77.2 Å². The van der Waals surface area contributed by atoms with Crippen LogP contribution in [0, 0.1) is 11.7 Å². The van der Waals surface area contributed by atoms with E-state index in [4.69, 9.17) is 4.74 Å². The Morgan fingerprint density at radius 3 is 2.73 bits per heavy atom. The third-order valence-corrected chi connectivity index (χ3v) is 6.44. The lowest BCUT2D eigenvalue weighted by molar-refractivity contribution is -0.137. The van der Waals surface area contributed by atoms with Crippen molar-refractivity contribution in [3.63, 3.8) is 0 Å². The van der Waals surface area contributed by atoms with Gasteiger partial charge in [-0.1, -0.05) is 35.6 Å². The van der Waals surface area contributed by atoms with Crippen molar-refractivity contribution in [2.24, 2.45) is 5.92 Å². The van der Waals surface area contributed by atoms with Crippen molar-refractivity contribution in [3.05, 3.63) is 70.8 Å². The lowest BCUT2D eigenvalue weighted by atomic mass is 9.90. The zero-order chi connectivity index (χ0) is 22.9. The van der Waals surface area contributed by atoms with E-state index in [1.165, 1.54) is 6.07 Å². The first-order valence-electron chi connectivity index (χ1n) is 11.3. The number of rotatable bonds is 9. The number of ether oxygens (including phenoxy) is 1. The molecule has 2 aliphatic carbocycles. The fourth-order valence-electron chi connectivity index (χ4n) is 4.43. The molecule has 3 aromatic rings. The molecule has 1 atom stereocenters. The standard InChI is InChI=1S/C26H26FN3O3/c1-33-20-10-11-22(27)24(14-20)30-26(18-8-9-18)23(28-29-30)12-5-16-3-2-4-19(13-16)21(15-25(31)32)17-6-7-17/h2-5,10-14,17-18,21H,6-9,15H2,1H3,(H,31,32)/t21-/m0/s1. The second kappa shape index (κ2) is 8.81. The molecule has 0 unspecified atom stereocenters. The van der Waals surface area contributed by atoms with Gasteiger partial charge in [-0.05, 0) is 66.9 Å². The second-order valence-electron chi connectivity index (χ2n) is 8.91. The molecule has 0 radical (unpaired) electrons. The normalized spacial score (nSPS) is 16.8. The maximum Gasteiger partial charge on any atom is 0.303 e. The minimum Gasteiger partial charge on any atom is -0.497 e. The van der Waals surface area contributed by atoms with E-state index in [1.807, 2.05) is 30.4 Å².